The number of nitrogens with zero attached hydrogens (tertiary/aromatic N) is 3. The van der Waals surface area contributed by atoms with Crippen molar-refractivity contribution in [1.82, 2.24) is 19.8 Å². The van der Waals surface area contributed by atoms with Crippen LogP contribution in [-0.4, -0.2) is 71.0 Å². The van der Waals surface area contributed by atoms with Crippen LogP contribution in [-0.2, 0) is 9.53 Å². The molecule has 2 amide bonds. The van der Waals surface area contributed by atoms with Crippen molar-refractivity contribution in [2.75, 3.05) is 33.4 Å². The molecule has 0 aliphatic carbocycles. The van der Waals surface area contributed by atoms with E-state index in [-0.39, 0.29) is 23.8 Å². The number of ether oxygens (including phenoxy) is 1. The average Bonchev–Trinajstić information content (AvgIpc) is 2.76. The largest absolute Gasteiger partial charge is 0.383 e. The number of fused-ring (bicyclic) bond motifs is 4. The summed E-state index contributed by atoms with van der Waals surface area (Å²) in [6, 6.07) is 0.0846. The number of carbonyl (C=O) groups excluding carboxylic acids is 2. The van der Waals surface area contributed by atoms with E-state index in [0.29, 0.717) is 32.1 Å². The van der Waals surface area contributed by atoms with Crippen LogP contribution in [0.3, 0.4) is 0 Å². The zero-order valence-electron chi connectivity index (χ0n) is 13.0. The Morgan fingerprint density at radius 3 is 2.95 bits per heavy atom. The number of nitrogens with one attached hydrogen (secondary N) is 1. The number of aromatic amines is 1. The highest BCUT2D eigenvalue weighted by Crippen LogP contribution is 2.29. The number of imidazole rings is 1. The van der Waals surface area contributed by atoms with Crippen molar-refractivity contribution in [1.29, 1.82) is 0 Å². The number of hydrogen-bond acceptors (Lipinski definition) is 4. The molecule has 120 valence electrons. The minimum absolute atomic E-state index is 0.0846. The van der Waals surface area contributed by atoms with Gasteiger partial charge in [0.15, 0.2) is 5.82 Å². The number of aryl methyl sites for hydroxylation is 1. The third kappa shape index (κ3) is 2.72. The molecular formula is C15H22N4O3. The summed E-state index contributed by atoms with van der Waals surface area (Å²) < 4.78 is 5.10. The molecule has 0 unspecified atom stereocenters. The molecule has 7 nitrogen and oxygen atoms in total. The van der Waals surface area contributed by atoms with Gasteiger partial charge < -0.3 is 19.5 Å². The van der Waals surface area contributed by atoms with Crippen molar-refractivity contribution < 1.29 is 14.3 Å². The van der Waals surface area contributed by atoms with E-state index in [1.54, 1.807) is 18.2 Å². The Bertz CT molecular complexity index is 571. The summed E-state index contributed by atoms with van der Waals surface area (Å²) in [5, 5.41) is 0. The van der Waals surface area contributed by atoms with Crippen LogP contribution in [0.5, 0.6) is 0 Å². The van der Waals surface area contributed by atoms with E-state index < -0.39 is 0 Å². The molecule has 1 N–H and O–H groups in total. The molecule has 3 saturated heterocycles. The molecule has 4 heterocycles. The monoisotopic (exact) mass is 306 g/mol. The molecule has 3 aliphatic rings. The SMILES string of the molecule is COCCN1C(=O)[C@@H]2CC[C@H]1CN(C(=O)c1ncc(C)[nH]1)C2. The minimum atomic E-state index is -0.119. The van der Waals surface area contributed by atoms with Gasteiger partial charge in [0.05, 0.1) is 12.5 Å². The first-order chi connectivity index (χ1) is 10.6. The van der Waals surface area contributed by atoms with Gasteiger partial charge in [-0.3, -0.25) is 9.59 Å². The van der Waals surface area contributed by atoms with Crippen LogP contribution in [0.4, 0.5) is 0 Å². The maximum Gasteiger partial charge on any atom is 0.289 e. The normalized spacial score (nSPS) is 24.7. The lowest BCUT2D eigenvalue weighted by atomic mass is 9.94. The van der Waals surface area contributed by atoms with Crippen molar-refractivity contribution in [3.05, 3.63) is 17.7 Å². The molecule has 2 bridgehead atoms. The van der Waals surface area contributed by atoms with E-state index in [1.807, 2.05) is 11.8 Å². The molecular weight excluding hydrogens is 284 g/mol. The molecule has 22 heavy (non-hydrogen) atoms. The zero-order chi connectivity index (χ0) is 15.7. The number of rotatable bonds is 4. The van der Waals surface area contributed by atoms with Crippen molar-refractivity contribution in [3.8, 4) is 0 Å². The first-order valence-electron chi connectivity index (χ1n) is 7.70. The smallest absolute Gasteiger partial charge is 0.289 e. The predicted octanol–water partition coefficient (Wildman–Crippen LogP) is 0.428. The molecule has 0 saturated carbocycles. The van der Waals surface area contributed by atoms with Gasteiger partial charge in [-0.1, -0.05) is 0 Å². The van der Waals surface area contributed by atoms with Gasteiger partial charge in [-0.2, -0.15) is 0 Å². The van der Waals surface area contributed by atoms with E-state index in [0.717, 1.165) is 18.5 Å². The zero-order valence-corrected chi connectivity index (χ0v) is 13.0. The maximum atomic E-state index is 12.6. The number of piperidine rings is 1. The van der Waals surface area contributed by atoms with Gasteiger partial charge in [0.2, 0.25) is 5.91 Å². The summed E-state index contributed by atoms with van der Waals surface area (Å²) in [6.07, 6.45) is 3.45. The predicted molar refractivity (Wildman–Crippen MR) is 79.3 cm³/mol. The summed E-state index contributed by atoms with van der Waals surface area (Å²) in [4.78, 5) is 35.9. The van der Waals surface area contributed by atoms with E-state index in [4.69, 9.17) is 4.74 Å². The van der Waals surface area contributed by atoms with Gasteiger partial charge in [-0.05, 0) is 19.8 Å². The van der Waals surface area contributed by atoms with Crippen molar-refractivity contribution in [2.24, 2.45) is 5.92 Å². The van der Waals surface area contributed by atoms with E-state index in [1.165, 1.54) is 0 Å². The lowest BCUT2D eigenvalue weighted by molar-refractivity contribution is -0.140. The second-order valence-electron chi connectivity index (χ2n) is 6.08. The fourth-order valence-corrected chi connectivity index (χ4v) is 3.36. The first-order valence-corrected chi connectivity index (χ1v) is 7.70. The molecule has 7 heteroatoms. The van der Waals surface area contributed by atoms with Gasteiger partial charge in [0, 0.05) is 44.7 Å². The van der Waals surface area contributed by atoms with E-state index >= 15 is 0 Å². The number of methoxy groups -OCH3 is 1. The van der Waals surface area contributed by atoms with Crippen molar-refractivity contribution in [3.63, 3.8) is 0 Å². The maximum absolute atomic E-state index is 12.6. The summed E-state index contributed by atoms with van der Waals surface area (Å²) in [5.74, 6) is 0.288. The molecule has 0 aromatic carbocycles. The summed E-state index contributed by atoms with van der Waals surface area (Å²) in [5.41, 5.74) is 0.860. The Morgan fingerprint density at radius 2 is 2.27 bits per heavy atom. The Morgan fingerprint density at radius 1 is 1.45 bits per heavy atom. The number of carbonyl (C=O) groups is 2. The third-order valence-electron chi connectivity index (χ3n) is 4.52. The fourth-order valence-electron chi connectivity index (χ4n) is 3.36. The molecule has 4 rings (SSSR count). The van der Waals surface area contributed by atoms with Gasteiger partial charge in [0.1, 0.15) is 0 Å². The van der Waals surface area contributed by atoms with Crippen LogP contribution < -0.4 is 0 Å². The minimum Gasteiger partial charge on any atom is -0.383 e. The van der Waals surface area contributed by atoms with Crippen LogP contribution in [0.1, 0.15) is 29.2 Å². The van der Waals surface area contributed by atoms with Crippen LogP contribution in [0.25, 0.3) is 0 Å². The van der Waals surface area contributed by atoms with Crippen molar-refractivity contribution >= 4 is 11.8 Å². The van der Waals surface area contributed by atoms with Crippen LogP contribution in [0.15, 0.2) is 6.20 Å². The highest BCUT2D eigenvalue weighted by atomic mass is 16.5. The molecule has 3 fully saturated rings. The Hall–Kier alpha value is -1.89. The molecule has 1 aromatic heterocycles. The summed E-state index contributed by atoms with van der Waals surface area (Å²) in [7, 11) is 1.63. The molecule has 3 aliphatic heterocycles. The summed E-state index contributed by atoms with van der Waals surface area (Å²) >= 11 is 0. The Balaban J connectivity index is 1.77. The van der Waals surface area contributed by atoms with Gasteiger partial charge >= 0.3 is 0 Å². The lowest BCUT2D eigenvalue weighted by Crippen LogP contribution is -2.49. The fraction of sp³-hybridized carbons (Fsp3) is 0.667. The quantitative estimate of drug-likeness (QED) is 0.875. The summed E-state index contributed by atoms with van der Waals surface area (Å²) in [6.45, 7) is 4.05. The van der Waals surface area contributed by atoms with Crippen LogP contribution in [0.2, 0.25) is 0 Å². The molecule has 0 spiro atoms. The molecule has 2 atom stereocenters. The van der Waals surface area contributed by atoms with Crippen LogP contribution in [0, 0.1) is 12.8 Å². The van der Waals surface area contributed by atoms with Gasteiger partial charge in [-0.15, -0.1) is 0 Å². The number of hydrogen-bond donors (Lipinski definition) is 1. The topological polar surface area (TPSA) is 78.5 Å². The van der Waals surface area contributed by atoms with E-state index in [2.05, 4.69) is 9.97 Å². The molecule has 0 radical (unpaired) electrons. The number of amides is 2. The highest BCUT2D eigenvalue weighted by molar-refractivity contribution is 5.91. The average molecular weight is 306 g/mol. The highest BCUT2D eigenvalue weighted by Gasteiger charge is 2.42. The standard InChI is InChI=1S/C15H22N4O3/c1-10-7-16-13(17-10)15(21)18-8-11-3-4-12(9-18)19(14(11)20)5-6-22-2/h7,11-12H,3-6,8-9H2,1-2H3,(H,16,17)/t11-,12+/m1/s1. The van der Waals surface area contributed by atoms with E-state index in [9.17, 15) is 9.59 Å². The van der Waals surface area contributed by atoms with Crippen molar-refractivity contribution in [2.45, 2.75) is 25.8 Å². The Kier molecular flexibility index (Phi) is 4.15. The number of aromatic nitrogens is 2. The lowest BCUT2D eigenvalue weighted by Gasteiger charge is -2.35. The molecule has 1 aromatic rings. The second-order valence-corrected chi connectivity index (χ2v) is 6.08. The Labute approximate surface area is 129 Å². The number of H-pyrrole nitrogens is 1. The van der Waals surface area contributed by atoms with Crippen LogP contribution >= 0.6 is 0 Å². The van der Waals surface area contributed by atoms with Gasteiger partial charge in [0.25, 0.3) is 5.91 Å². The third-order valence-corrected chi connectivity index (χ3v) is 4.52. The van der Waals surface area contributed by atoms with Gasteiger partial charge in [-0.25, -0.2) is 4.98 Å². The second kappa shape index (κ2) is 6.08. The first kappa shape index (κ1) is 15.0.